The smallest absolute Gasteiger partial charge is 0.0619 e. The highest BCUT2D eigenvalue weighted by molar-refractivity contribution is 4.79. The molecule has 0 radical (unpaired) electrons. The lowest BCUT2D eigenvalue weighted by Crippen LogP contribution is -2.52. The van der Waals surface area contributed by atoms with E-state index in [0.29, 0.717) is 18.1 Å². The van der Waals surface area contributed by atoms with Gasteiger partial charge in [-0.2, -0.15) is 0 Å². The molecule has 1 heterocycles. The summed E-state index contributed by atoms with van der Waals surface area (Å²) in [5.41, 5.74) is 0. The van der Waals surface area contributed by atoms with Crippen LogP contribution in [0.2, 0.25) is 0 Å². The molecule has 0 amide bonds. The minimum Gasteiger partial charge on any atom is -0.383 e. The van der Waals surface area contributed by atoms with E-state index in [1.165, 1.54) is 0 Å². The summed E-state index contributed by atoms with van der Waals surface area (Å²) in [5.74, 6) is 0. The SMILES string of the molecule is CC[C@H](COC)NC[C@@H](C)N1CCOC[C@H]1C. The highest BCUT2D eigenvalue weighted by Gasteiger charge is 2.23. The molecule has 1 aliphatic heterocycles. The average molecular weight is 244 g/mol. The zero-order chi connectivity index (χ0) is 12.7. The Labute approximate surface area is 106 Å². The van der Waals surface area contributed by atoms with Crippen molar-refractivity contribution >= 4 is 0 Å². The predicted molar refractivity (Wildman–Crippen MR) is 70.4 cm³/mol. The van der Waals surface area contributed by atoms with E-state index in [4.69, 9.17) is 9.47 Å². The second-order valence-electron chi connectivity index (χ2n) is 4.98. The van der Waals surface area contributed by atoms with Gasteiger partial charge in [-0.1, -0.05) is 6.92 Å². The number of morpholine rings is 1. The molecule has 4 heteroatoms. The number of ether oxygens (including phenoxy) is 2. The van der Waals surface area contributed by atoms with Crippen molar-refractivity contribution in [2.45, 2.75) is 45.3 Å². The molecule has 17 heavy (non-hydrogen) atoms. The third kappa shape index (κ3) is 4.92. The van der Waals surface area contributed by atoms with E-state index in [2.05, 4.69) is 31.0 Å². The molecule has 1 N–H and O–H groups in total. The minimum atomic E-state index is 0.471. The van der Waals surface area contributed by atoms with Crippen LogP contribution < -0.4 is 5.32 Å². The Morgan fingerprint density at radius 1 is 1.53 bits per heavy atom. The summed E-state index contributed by atoms with van der Waals surface area (Å²) in [6, 6.07) is 1.56. The highest BCUT2D eigenvalue weighted by Crippen LogP contribution is 2.10. The minimum absolute atomic E-state index is 0.471. The molecule has 0 aromatic heterocycles. The Hall–Kier alpha value is -0.160. The lowest BCUT2D eigenvalue weighted by Gasteiger charge is -2.38. The summed E-state index contributed by atoms with van der Waals surface area (Å²) in [4.78, 5) is 2.52. The quantitative estimate of drug-likeness (QED) is 0.727. The molecular weight excluding hydrogens is 216 g/mol. The van der Waals surface area contributed by atoms with Crippen LogP contribution in [0.4, 0.5) is 0 Å². The maximum Gasteiger partial charge on any atom is 0.0619 e. The third-order valence-electron chi connectivity index (χ3n) is 3.55. The fourth-order valence-corrected chi connectivity index (χ4v) is 2.37. The normalized spacial score (nSPS) is 25.8. The summed E-state index contributed by atoms with van der Waals surface area (Å²) in [6.07, 6.45) is 1.11. The molecule has 3 atom stereocenters. The molecule has 1 fully saturated rings. The van der Waals surface area contributed by atoms with E-state index in [-0.39, 0.29) is 0 Å². The average Bonchev–Trinajstić information content (AvgIpc) is 2.34. The van der Waals surface area contributed by atoms with Crippen LogP contribution in [0.15, 0.2) is 0 Å². The van der Waals surface area contributed by atoms with Gasteiger partial charge in [0, 0.05) is 38.3 Å². The van der Waals surface area contributed by atoms with Gasteiger partial charge in [0.05, 0.1) is 19.8 Å². The van der Waals surface area contributed by atoms with Gasteiger partial charge in [-0.25, -0.2) is 0 Å². The first kappa shape index (κ1) is 14.9. The number of hydrogen-bond acceptors (Lipinski definition) is 4. The molecule has 1 aliphatic rings. The Kier molecular flexibility index (Phi) is 7.04. The maximum atomic E-state index is 5.47. The van der Waals surface area contributed by atoms with Crippen molar-refractivity contribution in [3.8, 4) is 0 Å². The molecule has 1 saturated heterocycles. The summed E-state index contributed by atoms with van der Waals surface area (Å²) in [7, 11) is 1.76. The van der Waals surface area contributed by atoms with E-state index in [1.807, 2.05) is 0 Å². The first-order valence-corrected chi connectivity index (χ1v) is 6.74. The van der Waals surface area contributed by atoms with E-state index in [1.54, 1.807) is 7.11 Å². The van der Waals surface area contributed by atoms with Gasteiger partial charge in [0.2, 0.25) is 0 Å². The van der Waals surface area contributed by atoms with Crippen molar-refractivity contribution in [3.63, 3.8) is 0 Å². The topological polar surface area (TPSA) is 33.7 Å². The molecule has 0 aromatic carbocycles. The lowest BCUT2D eigenvalue weighted by atomic mass is 10.1. The van der Waals surface area contributed by atoms with Gasteiger partial charge < -0.3 is 14.8 Å². The molecular formula is C13H28N2O2. The number of nitrogens with zero attached hydrogens (tertiary/aromatic N) is 1. The van der Waals surface area contributed by atoms with Crippen LogP contribution in [-0.4, -0.2) is 63.0 Å². The molecule has 0 unspecified atom stereocenters. The van der Waals surface area contributed by atoms with Crippen LogP contribution >= 0.6 is 0 Å². The Morgan fingerprint density at radius 3 is 2.88 bits per heavy atom. The lowest BCUT2D eigenvalue weighted by molar-refractivity contribution is -0.0189. The van der Waals surface area contributed by atoms with Gasteiger partial charge in [-0.05, 0) is 20.3 Å². The third-order valence-corrected chi connectivity index (χ3v) is 3.55. The number of hydrogen-bond donors (Lipinski definition) is 1. The van der Waals surface area contributed by atoms with E-state index >= 15 is 0 Å². The number of nitrogens with one attached hydrogen (secondary N) is 1. The Balaban J connectivity index is 2.29. The largest absolute Gasteiger partial charge is 0.383 e. The zero-order valence-corrected chi connectivity index (χ0v) is 11.7. The monoisotopic (exact) mass is 244 g/mol. The first-order chi connectivity index (χ1) is 8.19. The molecule has 0 saturated carbocycles. The van der Waals surface area contributed by atoms with Crippen LogP contribution in [0, 0.1) is 0 Å². The maximum absolute atomic E-state index is 5.47. The van der Waals surface area contributed by atoms with Crippen LogP contribution in [-0.2, 0) is 9.47 Å². The van der Waals surface area contributed by atoms with Gasteiger partial charge in [-0.3, -0.25) is 4.90 Å². The molecule has 0 spiro atoms. The van der Waals surface area contributed by atoms with E-state index < -0.39 is 0 Å². The van der Waals surface area contributed by atoms with Gasteiger partial charge in [0.15, 0.2) is 0 Å². The Morgan fingerprint density at radius 2 is 2.29 bits per heavy atom. The molecule has 0 aliphatic carbocycles. The second kappa shape index (κ2) is 8.03. The van der Waals surface area contributed by atoms with Gasteiger partial charge >= 0.3 is 0 Å². The number of rotatable bonds is 7. The predicted octanol–water partition coefficient (Wildman–Crippen LogP) is 1.11. The fraction of sp³-hybridized carbons (Fsp3) is 1.00. The highest BCUT2D eigenvalue weighted by atomic mass is 16.5. The van der Waals surface area contributed by atoms with Gasteiger partial charge in [0.25, 0.3) is 0 Å². The van der Waals surface area contributed by atoms with E-state index in [9.17, 15) is 0 Å². The van der Waals surface area contributed by atoms with Crippen molar-refractivity contribution < 1.29 is 9.47 Å². The fourth-order valence-electron chi connectivity index (χ4n) is 2.37. The molecule has 1 rings (SSSR count). The molecule has 0 aromatic rings. The molecule has 0 bridgehead atoms. The molecule has 4 nitrogen and oxygen atoms in total. The van der Waals surface area contributed by atoms with Crippen molar-refractivity contribution in [1.82, 2.24) is 10.2 Å². The van der Waals surface area contributed by atoms with Crippen LogP contribution in [0.5, 0.6) is 0 Å². The first-order valence-electron chi connectivity index (χ1n) is 6.74. The van der Waals surface area contributed by atoms with Crippen molar-refractivity contribution in [2.75, 3.05) is 40.0 Å². The van der Waals surface area contributed by atoms with Crippen LogP contribution in [0.25, 0.3) is 0 Å². The van der Waals surface area contributed by atoms with Crippen molar-refractivity contribution in [2.24, 2.45) is 0 Å². The van der Waals surface area contributed by atoms with E-state index in [0.717, 1.165) is 39.3 Å². The zero-order valence-electron chi connectivity index (χ0n) is 11.7. The summed E-state index contributed by atoms with van der Waals surface area (Å²) in [6.45, 7) is 11.3. The number of methoxy groups -OCH3 is 1. The molecule has 102 valence electrons. The van der Waals surface area contributed by atoms with Crippen LogP contribution in [0.1, 0.15) is 27.2 Å². The summed E-state index contributed by atoms with van der Waals surface area (Å²) >= 11 is 0. The van der Waals surface area contributed by atoms with Gasteiger partial charge in [0.1, 0.15) is 0 Å². The standard InChI is InChI=1S/C13H28N2O2/c1-5-13(10-16-4)14-8-11(2)15-6-7-17-9-12(15)3/h11-14H,5-10H2,1-4H3/t11-,12-,13-/m1/s1. The van der Waals surface area contributed by atoms with Crippen molar-refractivity contribution in [3.05, 3.63) is 0 Å². The van der Waals surface area contributed by atoms with Gasteiger partial charge in [-0.15, -0.1) is 0 Å². The Bertz CT molecular complexity index is 202. The second-order valence-corrected chi connectivity index (χ2v) is 4.98. The summed E-state index contributed by atoms with van der Waals surface area (Å²) < 4.78 is 10.7. The summed E-state index contributed by atoms with van der Waals surface area (Å²) in [5, 5.41) is 3.58. The van der Waals surface area contributed by atoms with Crippen LogP contribution in [0.3, 0.4) is 0 Å². The van der Waals surface area contributed by atoms with Crippen molar-refractivity contribution in [1.29, 1.82) is 0 Å².